The van der Waals surface area contributed by atoms with Crippen molar-refractivity contribution < 1.29 is 0 Å². The van der Waals surface area contributed by atoms with Gasteiger partial charge in [0.15, 0.2) is 0 Å². The molecule has 0 aliphatic heterocycles. The zero-order chi connectivity index (χ0) is 15.0. The first-order valence-electron chi connectivity index (χ1n) is 7.27. The van der Waals surface area contributed by atoms with Crippen molar-refractivity contribution in [1.29, 1.82) is 0 Å². The van der Waals surface area contributed by atoms with Crippen LogP contribution in [0.1, 0.15) is 25.0 Å². The largest absolute Gasteiger partial charge is 0.338 e. The Morgan fingerprint density at radius 2 is 1.81 bits per heavy atom. The van der Waals surface area contributed by atoms with Crippen LogP contribution in [0.4, 0.5) is 0 Å². The standard InChI is InChI=1S/C18H21N3/c1-12-4-6-13(7-5-12)17-20-15-9-8-14(10-16(15)21-17)18(2,3)11-19/h4-10H,11,19H2,1-3H3,(H,20,21). The Labute approximate surface area is 125 Å². The molecule has 0 atom stereocenters. The van der Waals surface area contributed by atoms with Gasteiger partial charge in [0.25, 0.3) is 0 Å². The van der Waals surface area contributed by atoms with Crippen molar-refractivity contribution in [1.82, 2.24) is 9.97 Å². The summed E-state index contributed by atoms with van der Waals surface area (Å²) in [4.78, 5) is 8.11. The summed E-state index contributed by atoms with van der Waals surface area (Å²) in [7, 11) is 0. The molecule has 1 aromatic heterocycles. The fraction of sp³-hybridized carbons (Fsp3) is 0.278. The van der Waals surface area contributed by atoms with Gasteiger partial charge < -0.3 is 10.7 Å². The van der Waals surface area contributed by atoms with Gasteiger partial charge in [0.05, 0.1) is 11.0 Å². The average molecular weight is 279 g/mol. The molecule has 3 N–H and O–H groups in total. The lowest BCUT2D eigenvalue weighted by Crippen LogP contribution is -2.27. The summed E-state index contributed by atoms with van der Waals surface area (Å²) in [5.41, 5.74) is 11.5. The third kappa shape index (κ3) is 2.57. The number of nitrogens with two attached hydrogens (primary N) is 1. The molecule has 0 bridgehead atoms. The Hall–Kier alpha value is -2.13. The molecule has 3 aromatic rings. The molecule has 3 rings (SSSR count). The lowest BCUT2D eigenvalue weighted by atomic mass is 9.85. The second kappa shape index (κ2) is 5.01. The number of nitrogens with one attached hydrogen (secondary N) is 1. The summed E-state index contributed by atoms with van der Waals surface area (Å²) >= 11 is 0. The number of hydrogen-bond donors (Lipinski definition) is 2. The Kier molecular flexibility index (Phi) is 3.30. The molecule has 3 nitrogen and oxygen atoms in total. The second-order valence-electron chi connectivity index (χ2n) is 6.27. The van der Waals surface area contributed by atoms with Gasteiger partial charge >= 0.3 is 0 Å². The maximum absolute atomic E-state index is 5.86. The lowest BCUT2D eigenvalue weighted by Gasteiger charge is -2.22. The predicted molar refractivity (Wildman–Crippen MR) is 88.3 cm³/mol. The van der Waals surface area contributed by atoms with Crippen LogP contribution in [0.2, 0.25) is 0 Å². The van der Waals surface area contributed by atoms with E-state index < -0.39 is 0 Å². The van der Waals surface area contributed by atoms with Crippen LogP contribution >= 0.6 is 0 Å². The molecule has 0 spiro atoms. The van der Waals surface area contributed by atoms with Gasteiger partial charge in [-0.25, -0.2) is 4.98 Å². The molecule has 0 aliphatic carbocycles. The molecule has 2 aromatic carbocycles. The van der Waals surface area contributed by atoms with Gasteiger partial charge in [0.1, 0.15) is 5.82 Å². The van der Waals surface area contributed by atoms with Crippen molar-refractivity contribution in [3.63, 3.8) is 0 Å². The van der Waals surface area contributed by atoms with E-state index in [0.29, 0.717) is 6.54 Å². The lowest BCUT2D eigenvalue weighted by molar-refractivity contribution is 0.539. The number of aromatic amines is 1. The van der Waals surface area contributed by atoms with Crippen LogP contribution in [0.25, 0.3) is 22.4 Å². The van der Waals surface area contributed by atoms with Crippen molar-refractivity contribution in [2.24, 2.45) is 5.73 Å². The summed E-state index contributed by atoms with van der Waals surface area (Å²) < 4.78 is 0. The van der Waals surface area contributed by atoms with Crippen LogP contribution in [0.3, 0.4) is 0 Å². The highest BCUT2D eigenvalue weighted by atomic mass is 14.9. The third-order valence-corrected chi connectivity index (χ3v) is 4.10. The molecule has 0 amide bonds. The summed E-state index contributed by atoms with van der Waals surface area (Å²) in [5.74, 6) is 0.910. The second-order valence-corrected chi connectivity index (χ2v) is 6.27. The molecule has 108 valence electrons. The van der Waals surface area contributed by atoms with Gasteiger partial charge in [-0.05, 0) is 24.6 Å². The number of rotatable bonds is 3. The first kappa shape index (κ1) is 13.8. The third-order valence-electron chi connectivity index (χ3n) is 4.10. The van der Waals surface area contributed by atoms with E-state index in [1.165, 1.54) is 11.1 Å². The van der Waals surface area contributed by atoms with Crippen LogP contribution in [-0.4, -0.2) is 16.5 Å². The van der Waals surface area contributed by atoms with Crippen molar-refractivity contribution in [3.05, 3.63) is 53.6 Å². The van der Waals surface area contributed by atoms with E-state index >= 15 is 0 Å². The molecule has 1 heterocycles. The number of imidazole rings is 1. The Morgan fingerprint density at radius 1 is 1.10 bits per heavy atom. The number of fused-ring (bicyclic) bond motifs is 1. The normalized spacial score (nSPS) is 12.0. The number of hydrogen-bond acceptors (Lipinski definition) is 2. The quantitative estimate of drug-likeness (QED) is 0.766. The molecular weight excluding hydrogens is 258 g/mol. The minimum atomic E-state index is -0.0306. The van der Waals surface area contributed by atoms with Crippen molar-refractivity contribution in [2.75, 3.05) is 6.54 Å². The molecule has 0 saturated heterocycles. The van der Waals surface area contributed by atoms with E-state index in [4.69, 9.17) is 10.7 Å². The summed E-state index contributed by atoms with van der Waals surface area (Å²) in [6.45, 7) is 7.01. The molecular formula is C18H21N3. The average Bonchev–Trinajstić information content (AvgIpc) is 2.90. The summed E-state index contributed by atoms with van der Waals surface area (Å²) in [5, 5.41) is 0. The Morgan fingerprint density at radius 3 is 2.48 bits per heavy atom. The van der Waals surface area contributed by atoms with Gasteiger partial charge in [0, 0.05) is 17.5 Å². The van der Waals surface area contributed by atoms with Crippen LogP contribution in [0.15, 0.2) is 42.5 Å². The van der Waals surface area contributed by atoms with Gasteiger partial charge in [0.2, 0.25) is 0 Å². The van der Waals surface area contributed by atoms with Gasteiger partial charge in [-0.2, -0.15) is 0 Å². The van der Waals surface area contributed by atoms with Crippen molar-refractivity contribution in [3.8, 4) is 11.4 Å². The molecule has 0 radical (unpaired) electrons. The van der Waals surface area contributed by atoms with Gasteiger partial charge in [-0.3, -0.25) is 0 Å². The Balaban J connectivity index is 2.06. The van der Waals surface area contributed by atoms with Gasteiger partial charge in [-0.15, -0.1) is 0 Å². The molecule has 3 heteroatoms. The fourth-order valence-electron chi connectivity index (χ4n) is 2.39. The highest BCUT2D eigenvalue weighted by molar-refractivity contribution is 5.80. The van der Waals surface area contributed by atoms with E-state index in [1.807, 2.05) is 0 Å². The van der Waals surface area contributed by atoms with Crippen molar-refractivity contribution >= 4 is 11.0 Å². The van der Waals surface area contributed by atoms with Crippen LogP contribution in [0, 0.1) is 6.92 Å². The SMILES string of the molecule is Cc1ccc(-c2nc3cc(C(C)(C)CN)ccc3[nH]2)cc1. The molecule has 0 saturated carbocycles. The Bertz CT molecular complexity index is 767. The first-order chi connectivity index (χ1) is 9.99. The zero-order valence-corrected chi connectivity index (χ0v) is 12.8. The van der Waals surface area contributed by atoms with E-state index in [1.54, 1.807) is 0 Å². The topological polar surface area (TPSA) is 54.7 Å². The van der Waals surface area contributed by atoms with E-state index in [0.717, 1.165) is 22.4 Å². The molecule has 0 aliphatic rings. The molecule has 0 unspecified atom stereocenters. The number of aromatic nitrogens is 2. The number of aryl methyl sites for hydroxylation is 1. The highest BCUT2D eigenvalue weighted by Gasteiger charge is 2.19. The van der Waals surface area contributed by atoms with E-state index in [9.17, 15) is 0 Å². The van der Waals surface area contributed by atoms with E-state index in [2.05, 4.69) is 68.2 Å². The smallest absolute Gasteiger partial charge is 0.138 e. The van der Waals surface area contributed by atoms with Crippen LogP contribution < -0.4 is 5.73 Å². The van der Waals surface area contributed by atoms with Gasteiger partial charge in [-0.1, -0.05) is 49.7 Å². The predicted octanol–water partition coefficient (Wildman–Crippen LogP) is 3.77. The maximum atomic E-state index is 5.86. The van der Waals surface area contributed by atoms with Crippen LogP contribution in [0.5, 0.6) is 0 Å². The summed E-state index contributed by atoms with van der Waals surface area (Å²) in [6, 6.07) is 14.8. The zero-order valence-electron chi connectivity index (χ0n) is 12.8. The minimum Gasteiger partial charge on any atom is -0.338 e. The van der Waals surface area contributed by atoms with Crippen LogP contribution in [-0.2, 0) is 5.41 Å². The fourth-order valence-corrected chi connectivity index (χ4v) is 2.39. The monoisotopic (exact) mass is 279 g/mol. The molecule has 21 heavy (non-hydrogen) atoms. The highest BCUT2D eigenvalue weighted by Crippen LogP contribution is 2.27. The molecule has 0 fully saturated rings. The van der Waals surface area contributed by atoms with Crippen molar-refractivity contribution in [2.45, 2.75) is 26.2 Å². The van der Waals surface area contributed by atoms with E-state index in [-0.39, 0.29) is 5.41 Å². The number of H-pyrrole nitrogens is 1. The maximum Gasteiger partial charge on any atom is 0.138 e. The first-order valence-corrected chi connectivity index (χ1v) is 7.27. The summed E-state index contributed by atoms with van der Waals surface area (Å²) in [6.07, 6.45) is 0. The number of benzene rings is 2. The minimum absolute atomic E-state index is 0.0306. The number of nitrogens with zero attached hydrogens (tertiary/aromatic N) is 1.